The Morgan fingerprint density at radius 3 is 2.87 bits per heavy atom. The Hall–Kier alpha value is -2.80. The van der Waals surface area contributed by atoms with Gasteiger partial charge in [0.25, 0.3) is 0 Å². The molecule has 164 valence electrons. The van der Waals surface area contributed by atoms with Gasteiger partial charge >= 0.3 is 0 Å². The number of hydrogen-bond donors (Lipinski definition) is 3. The molecule has 4 rings (SSSR count). The molecule has 3 N–H and O–H groups in total. The van der Waals surface area contributed by atoms with Crippen LogP contribution in [0.5, 0.6) is 0 Å². The Balaban J connectivity index is 1.28. The van der Waals surface area contributed by atoms with E-state index in [1.54, 1.807) is 13.2 Å². The van der Waals surface area contributed by atoms with E-state index in [9.17, 15) is 4.79 Å². The number of amides is 1. The van der Waals surface area contributed by atoms with Crippen LogP contribution in [-0.2, 0) is 11.3 Å². The number of pyridine rings is 1. The Labute approximate surface area is 188 Å². The molecule has 2 aromatic rings. The van der Waals surface area contributed by atoms with Crippen LogP contribution in [-0.4, -0.2) is 43.0 Å². The predicted molar refractivity (Wildman–Crippen MR) is 126 cm³/mol. The molecule has 1 aliphatic carbocycles. The molecule has 1 aromatic carbocycles. The summed E-state index contributed by atoms with van der Waals surface area (Å²) in [5.41, 5.74) is 1.93. The first-order valence-corrected chi connectivity index (χ1v) is 11.2. The number of hydrogen-bond acceptors (Lipinski definition) is 4. The van der Waals surface area contributed by atoms with E-state index in [0.717, 1.165) is 61.8 Å². The average molecular weight is 441 g/mol. The van der Waals surface area contributed by atoms with E-state index in [4.69, 9.17) is 11.6 Å². The lowest BCUT2D eigenvalue weighted by Crippen LogP contribution is -2.44. The van der Waals surface area contributed by atoms with Crippen molar-refractivity contribution in [2.24, 2.45) is 10.9 Å². The third-order valence-corrected chi connectivity index (χ3v) is 6.22. The van der Waals surface area contributed by atoms with Gasteiger partial charge in [-0.1, -0.05) is 30.2 Å². The molecule has 0 radical (unpaired) electrons. The fraction of sp³-hybridized carbons (Fsp3) is 0.435. The molecule has 1 amide bonds. The lowest BCUT2D eigenvalue weighted by atomic mass is 9.85. The van der Waals surface area contributed by atoms with E-state index in [0.29, 0.717) is 11.6 Å². The maximum Gasteiger partial charge on any atom is 0.227 e. The first-order valence-electron chi connectivity index (χ1n) is 10.8. The molecule has 2 aliphatic rings. The highest BCUT2D eigenvalue weighted by molar-refractivity contribution is 6.32. The van der Waals surface area contributed by atoms with Crippen molar-refractivity contribution in [1.82, 2.24) is 15.6 Å². The second-order valence-electron chi connectivity index (χ2n) is 8.13. The van der Waals surface area contributed by atoms with Crippen LogP contribution in [0.15, 0.2) is 47.6 Å². The van der Waals surface area contributed by atoms with Crippen LogP contribution in [0, 0.1) is 5.92 Å². The molecule has 1 saturated heterocycles. The molecule has 8 heteroatoms. The normalized spacial score (nSPS) is 19.1. The molecule has 0 spiro atoms. The number of benzene rings is 1. The maximum atomic E-state index is 12.2. The zero-order chi connectivity index (χ0) is 21.6. The fourth-order valence-corrected chi connectivity index (χ4v) is 4.17. The predicted octanol–water partition coefficient (Wildman–Crippen LogP) is 3.42. The molecule has 2 fully saturated rings. The van der Waals surface area contributed by atoms with Gasteiger partial charge in [0.1, 0.15) is 5.82 Å². The third kappa shape index (κ3) is 5.47. The molecule has 31 heavy (non-hydrogen) atoms. The molecule has 7 nitrogen and oxygen atoms in total. The smallest absolute Gasteiger partial charge is 0.227 e. The highest BCUT2D eigenvalue weighted by atomic mass is 35.5. The Morgan fingerprint density at radius 2 is 2.13 bits per heavy atom. The van der Waals surface area contributed by atoms with Crippen LogP contribution in [0.1, 0.15) is 31.2 Å². The number of carbonyl (C=O) groups is 1. The molecule has 2 heterocycles. The highest BCUT2D eigenvalue weighted by Crippen LogP contribution is 2.28. The third-order valence-electron chi connectivity index (χ3n) is 5.92. The van der Waals surface area contributed by atoms with Crippen LogP contribution in [0.3, 0.4) is 0 Å². The Bertz CT molecular complexity index is 945. The molecule has 1 saturated carbocycles. The number of aliphatic imine (C=N–C) groups is 1. The number of rotatable bonds is 6. The number of anilines is 2. The van der Waals surface area contributed by atoms with Crippen LogP contribution < -0.4 is 20.9 Å². The maximum absolute atomic E-state index is 12.2. The minimum Gasteiger partial charge on any atom is -0.353 e. The van der Waals surface area contributed by atoms with Gasteiger partial charge in [-0.2, -0.15) is 0 Å². The largest absolute Gasteiger partial charge is 0.353 e. The van der Waals surface area contributed by atoms with Crippen LogP contribution in [0.25, 0.3) is 0 Å². The van der Waals surface area contributed by atoms with Crippen molar-refractivity contribution >= 4 is 35.0 Å². The lowest BCUT2D eigenvalue weighted by molar-refractivity contribution is -0.122. The quantitative estimate of drug-likeness (QED) is 0.473. The second kappa shape index (κ2) is 10.0. The van der Waals surface area contributed by atoms with E-state index in [2.05, 4.69) is 30.8 Å². The van der Waals surface area contributed by atoms with Crippen molar-refractivity contribution in [2.45, 2.75) is 38.3 Å². The van der Waals surface area contributed by atoms with Crippen molar-refractivity contribution in [3.63, 3.8) is 0 Å². The summed E-state index contributed by atoms with van der Waals surface area (Å²) in [4.78, 5) is 23.2. The molecule has 1 unspecified atom stereocenters. The summed E-state index contributed by atoms with van der Waals surface area (Å²) >= 11 is 6.29. The van der Waals surface area contributed by atoms with Gasteiger partial charge in [0.2, 0.25) is 5.91 Å². The van der Waals surface area contributed by atoms with Crippen LogP contribution in [0.4, 0.5) is 11.5 Å². The van der Waals surface area contributed by atoms with Crippen molar-refractivity contribution in [3.8, 4) is 0 Å². The Morgan fingerprint density at radius 1 is 1.26 bits per heavy atom. The molecular formula is C23H29ClN6O. The van der Waals surface area contributed by atoms with E-state index in [1.807, 2.05) is 36.4 Å². The van der Waals surface area contributed by atoms with E-state index in [-0.39, 0.29) is 17.9 Å². The van der Waals surface area contributed by atoms with Gasteiger partial charge in [0, 0.05) is 50.5 Å². The standard InChI is InChI=1S/C23H29ClN6O/c1-25-23(29-19-10-12-30(15-19)21-20(24)9-4-11-26-21)27-14-16-5-2-8-18(13-16)28-22(31)17-6-3-7-17/h2,4-5,8-9,11,13,17,19H,3,6-7,10,12,14-15H2,1H3,(H,28,31)(H2,25,27,29). The van der Waals surface area contributed by atoms with Gasteiger partial charge in [-0.3, -0.25) is 9.79 Å². The number of halogens is 1. The zero-order valence-electron chi connectivity index (χ0n) is 17.8. The first-order chi connectivity index (χ1) is 15.1. The summed E-state index contributed by atoms with van der Waals surface area (Å²) in [7, 11) is 1.77. The lowest BCUT2D eigenvalue weighted by Gasteiger charge is -2.24. The molecule has 1 aliphatic heterocycles. The van der Waals surface area contributed by atoms with Gasteiger partial charge in [0.05, 0.1) is 5.02 Å². The van der Waals surface area contributed by atoms with E-state index < -0.39 is 0 Å². The summed E-state index contributed by atoms with van der Waals surface area (Å²) in [5.74, 6) is 1.89. The molecule has 1 aromatic heterocycles. The van der Waals surface area contributed by atoms with Gasteiger partial charge < -0.3 is 20.9 Å². The summed E-state index contributed by atoms with van der Waals surface area (Å²) < 4.78 is 0. The fourth-order valence-electron chi connectivity index (χ4n) is 3.93. The second-order valence-corrected chi connectivity index (χ2v) is 8.54. The molecule has 0 bridgehead atoms. The topological polar surface area (TPSA) is 81.6 Å². The van der Waals surface area contributed by atoms with E-state index >= 15 is 0 Å². The number of guanidine groups is 1. The SMILES string of the molecule is CN=C(NCc1cccc(NC(=O)C2CCC2)c1)NC1CCN(c2ncccc2Cl)C1. The number of nitrogens with one attached hydrogen (secondary N) is 3. The van der Waals surface area contributed by atoms with Crippen molar-refractivity contribution in [3.05, 3.63) is 53.2 Å². The minimum atomic E-state index is 0.132. The van der Waals surface area contributed by atoms with Gasteiger partial charge in [-0.25, -0.2) is 4.98 Å². The number of aromatic nitrogens is 1. The zero-order valence-corrected chi connectivity index (χ0v) is 18.5. The highest BCUT2D eigenvalue weighted by Gasteiger charge is 2.26. The monoisotopic (exact) mass is 440 g/mol. The van der Waals surface area contributed by atoms with Crippen LogP contribution >= 0.6 is 11.6 Å². The summed E-state index contributed by atoms with van der Waals surface area (Å²) in [5, 5.41) is 10.6. The van der Waals surface area contributed by atoms with Gasteiger partial charge in [0.15, 0.2) is 5.96 Å². The number of carbonyl (C=O) groups excluding carboxylic acids is 1. The molecule has 1 atom stereocenters. The van der Waals surface area contributed by atoms with Crippen molar-refractivity contribution in [2.75, 3.05) is 30.4 Å². The summed E-state index contributed by atoms with van der Waals surface area (Å²) in [6, 6.07) is 11.9. The van der Waals surface area contributed by atoms with Crippen molar-refractivity contribution in [1.29, 1.82) is 0 Å². The average Bonchev–Trinajstić information content (AvgIpc) is 3.18. The summed E-state index contributed by atoms with van der Waals surface area (Å²) in [6.07, 6.45) is 5.91. The van der Waals surface area contributed by atoms with Crippen LogP contribution in [0.2, 0.25) is 5.02 Å². The van der Waals surface area contributed by atoms with Crippen molar-refractivity contribution < 1.29 is 4.79 Å². The van der Waals surface area contributed by atoms with E-state index in [1.165, 1.54) is 0 Å². The minimum absolute atomic E-state index is 0.132. The number of nitrogens with zero attached hydrogens (tertiary/aromatic N) is 3. The Kier molecular flexibility index (Phi) is 6.92. The summed E-state index contributed by atoms with van der Waals surface area (Å²) in [6.45, 7) is 2.34. The van der Waals surface area contributed by atoms with Gasteiger partial charge in [-0.05, 0) is 49.1 Å². The van der Waals surface area contributed by atoms with Gasteiger partial charge in [-0.15, -0.1) is 0 Å². The molecular weight excluding hydrogens is 412 g/mol. The first kappa shape index (κ1) is 21.4.